The molecule has 0 saturated carbocycles. The zero-order valence-corrected chi connectivity index (χ0v) is 25.5. The maximum absolute atomic E-state index is 14.3. The Balaban J connectivity index is 1.30. The highest BCUT2D eigenvalue weighted by Gasteiger charge is 2.30. The number of hydrogen-bond donors (Lipinski definition) is 1. The van der Waals surface area contributed by atoms with E-state index in [1.54, 1.807) is 6.07 Å². The molecule has 0 saturated heterocycles. The number of fused-ring (bicyclic) bond motifs is 1. The number of rotatable bonds is 14. The van der Waals surface area contributed by atoms with Gasteiger partial charge in [0, 0.05) is 47.0 Å². The number of halogens is 2. The molecule has 0 atom stereocenters. The third kappa shape index (κ3) is 7.10. The van der Waals surface area contributed by atoms with E-state index in [2.05, 4.69) is 67.8 Å². The molecule has 0 aliphatic carbocycles. The van der Waals surface area contributed by atoms with E-state index in [0.29, 0.717) is 23.3 Å². The third-order valence-electron chi connectivity index (χ3n) is 7.38. The summed E-state index contributed by atoms with van der Waals surface area (Å²) in [6.07, 6.45) is 4.62. The number of carbonyl (C=O) groups excluding carboxylic acids is 1. The highest BCUT2D eigenvalue weighted by atomic mass is 32.2. The van der Waals surface area contributed by atoms with Gasteiger partial charge in [0.05, 0.1) is 11.4 Å². The highest BCUT2D eigenvalue weighted by Crippen LogP contribution is 2.29. The fraction of sp³-hybridized carbons (Fsp3) is 0.219. The third-order valence-corrected chi connectivity index (χ3v) is 9.00. The van der Waals surface area contributed by atoms with E-state index >= 15 is 0 Å². The summed E-state index contributed by atoms with van der Waals surface area (Å²) in [6, 6.07) is 17.8. The van der Waals surface area contributed by atoms with Crippen molar-refractivity contribution in [2.45, 2.75) is 31.7 Å². The van der Waals surface area contributed by atoms with Crippen LogP contribution in [0.1, 0.15) is 20.3 Å². The molecule has 0 fully saturated rings. The summed E-state index contributed by atoms with van der Waals surface area (Å²) in [6.45, 7) is 8.35. The van der Waals surface area contributed by atoms with Crippen molar-refractivity contribution in [2.24, 2.45) is 0 Å². The topological polar surface area (TPSA) is 110 Å². The zero-order chi connectivity index (χ0) is 32.0. The number of carbonyl (C=O) groups is 1. The quantitative estimate of drug-likeness (QED) is 0.115. The molecule has 5 aromatic rings. The molecule has 0 unspecified atom stereocenters. The lowest BCUT2D eigenvalue weighted by atomic mass is 10.1. The Labute approximate surface area is 259 Å². The first kappa shape index (κ1) is 31.5. The van der Waals surface area contributed by atoms with Crippen molar-refractivity contribution in [1.82, 2.24) is 19.4 Å². The lowest BCUT2D eigenvalue weighted by molar-refractivity contribution is -0.128. The summed E-state index contributed by atoms with van der Waals surface area (Å²) in [5, 5.41) is 4.25. The van der Waals surface area contributed by atoms with Gasteiger partial charge >= 0.3 is 6.47 Å². The number of nitrogens with zero attached hydrogens (tertiary/aromatic N) is 5. The summed E-state index contributed by atoms with van der Waals surface area (Å²) in [4.78, 5) is 26.1. The highest BCUT2D eigenvalue weighted by molar-refractivity contribution is 7.92. The van der Waals surface area contributed by atoms with Gasteiger partial charge < -0.3 is 19.6 Å². The van der Waals surface area contributed by atoms with Gasteiger partial charge in [0.2, 0.25) is 0 Å². The standard InChI is InChI=1S/C32H32F2N6O4S/c1-3-38(4-2)15-5-16-39-17-14-24-18-23(6-12-30(24)39)29-20-32(36-21-35-29)37-26-8-10-27(11-9-26)40(44-22-41)45(42,43)31-13-7-25(33)19-28(31)34/h6-14,17-22H,3-5,15-16H2,1-2H3,(H,35,36,37). The summed E-state index contributed by atoms with van der Waals surface area (Å²) >= 11 is 0. The van der Waals surface area contributed by atoms with Gasteiger partial charge in [0.25, 0.3) is 10.0 Å². The number of hydrogen-bond acceptors (Lipinski definition) is 8. The maximum atomic E-state index is 14.3. The Hall–Kier alpha value is -4.88. The molecule has 13 heteroatoms. The number of sulfonamides is 1. The van der Waals surface area contributed by atoms with Crippen LogP contribution in [0.3, 0.4) is 0 Å². The van der Waals surface area contributed by atoms with Gasteiger partial charge in [-0.05, 0) is 80.7 Å². The van der Waals surface area contributed by atoms with Crippen molar-refractivity contribution in [1.29, 1.82) is 0 Å². The minimum Gasteiger partial charge on any atom is -0.347 e. The van der Waals surface area contributed by atoms with E-state index in [1.165, 1.54) is 30.6 Å². The SMILES string of the molecule is CCN(CC)CCCn1ccc2cc(-c3cc(Nc4ccc(N(OC=O)S(=O)(=O)c5ccc(F)cc5F)cc4)ncn3)ccc21. The van der Waals surface area contributed by atoms with Crippen molar-refractivity contribution in [2.75, 3.05) is 29.4 Å². The molecule has 0 bridgehead atoms. The molecule has 10 nitrogen and oxygen atoms in total. The van der Waals surface area contributed by atoms with Gasteiger partial charge in [-0.3, -0.25) is 4.79 Å². The van der Waals surface area contributed by atoms with Crippen LogP contribution >= 0.6 is 0 Å². The van der Waals surface area contributed by atoms with E-state index in [1.807, 2.05) is 6.07 Å². The summed E-state index contributed by atoms with van der Waals surface area (Å²) in [5.41, 5.74) is 3.23. The number of nitrogens with one attached hydrogen (secondary N) is 1. The van der Waals surface area contributed by atoms with Gasteiger partial charge in [-0.25, -0.2) is 18.7 Å². The van der Waals surface area contributed by atoms with E-state index in [9.17, 15) is 22.0 Å². The fourth-order valence-corrected chi connectivity index (χ4v) is 6.30. The van der Waals surface area contributed by atoms with Crippen LogP contribution in [0.4, 0.5) is 26.0 Å². The Morgan fingerprint density at radius 3 is 2.44 bits per heavy atom. The van der Waals surface area contributed by atoms with Crippen LogP contribution in [0.25, 0.3) is 22.2 Å². The Morgan fingerprint density at radius 1 is 0.956 bits per heavy atom. The second kappa shape index (κ2) is 13.8. The van der Waals surface area contributed by atoms with Crippen molar-refractivity contribution in [3.8, 4) is 11.3 Å². The zero-order valence-electron chi connectivity index (χ0n) is 24.7. The molecule has 3 aromatic carbocycles. The van der Waals surface area contributed by atoms with Crippen LogP contribution in [-0.4, -0.2) is 54.0 Å². The molecule has 0 amide bonds. The second-order valence-corrected chi connectivity index (χ2v) is 11.9. The Morgan fingerprint density at radius 2 is 1.73 bits per heavy atom. The summed E-state index contributed by atoms with van der Waals surface area (Å²) in [7, 11) is -4.70. The first-order chi connectivity index (χ1) is 21.7. The lowest BCUT2D eigenvalue weighted by Gasteiger charge is -2.21. The molecule has 1 N–H and O–H groups in total. The van der Waals surface area contributed by atoms with Crippen LogP contribution in [0.5, 0.6) is 0 Å². The van der Waals surface area contributed by atoms with Crippen LogP contribution in [0.2, 0.25) is 0 Å². The fourth-order valence-electron chi connectivity index (χ4n) is 5.03. The normalized spacial score (nSPS) is 11.6. The number of aryl methyl sites for hydroxylation is 1. The van der Waals surface area contributed by atoms with E-state index in [4.69, 9.17) is 0 Å². The van der Waals surface area contributed by atoms with E-state index in [0.717, 1.165) is 61.2 Å². The largest absolute Gasteiger partial charge is 0.347 e. The van der Waals surface area contributed by atoms with Crippen molar-refractivity contribution < 1.29 is 26.8 Å². The molecule has 0 radical (unpaired) electrons. The molecule has 2 aromatic heterocycles. The predicted octanol–water partition coefficient (Wildman–Crippen LogP) is 6.14. The average Bonchev–Trinajstić information content (AvgIpc) is 3.44. The van der Waals surface area contributed by atoms with Gasteiger partial charge in [0.1, 0.15) is 28.7 Å². The predicted molar refractivity (Wildman–Crippen MR) is 168 cm³/mol. The number of aromatic nitrogens is 3. The van der Waals surface area contributed by atoms with Crippen molar-refractivity contribution >= 4 is 44.6 Å². The van der Waals surface area contributed by atoms with Crippen molar-refractivity contribution in [3.63, 3.8) is 0 Å². The van der Waals surface area contributed by atoms with Gasteiger partial charge in [0.15, 0.2) is 0 Å². The Bertz CT molecular complexity index is 1900. The lowest BCUT2D eigenvalue weighted by Crippen LogP contribution is -2.31. The van der Waals surface area contributed by atoms with Gasteiger partial charge in [-0.1, -0.05) is 24.4 Å². The number of anilines is 3. The summed E-state index contributed by atoms with van der Waals surface area (Å²) < 4.78 is 56.2. The molecule has 0 spiro atoms. The maximum Gasteiger partial charge on any atom is 0.322 e. The molecule has 2 heterocycles. The molecular formula is C32H32F2N6O4S. The van der Waals surface area contributed by atoms with Crippen LogP contribution in [0, 0.1) is 11.6 Å². The Kier molecular flexibility index (Phi) is 9.69. The van der Waals surface area contributed by atoms with Crippen LogP contribution in [-0.2, 0) is 26.2 Å². The molecule has 0 aliphatic heterocycles. The van der Waals surface area contributed by atoms with E-state index in [-0.39, 0.29) is 16.6 Å². The smallest absolute Gasteiger partial charge is 0.322 e. The molecule has 234 valence electrons. The second-order valence-electron chi connectivity index (χ2n) is 10.1. The first-order valence-corrected chi connectivity index (χ1v) is 15.8. The number of benzene rings is 3. The average molecular weight is 635 g/mol. The molecule has 5 rings (SSSR count). The van der Waals surface area contributed by atoms with Gasteiger partial charge in [-0.15, -0.1) is 0 Å². The molecule has 45 heavy (non-hydrogen) atoms. The van der Waals surface area contributed by atoms with Crippen LogP contribution in [0.15, 0.2) is 90.2 Å². The van der Waals surface area contributed by atoms with Crippen molar-refractivity contribution in [3.05, 3.63) is 97.0 Å². The monoisotopic (exact) mass is 634 g/mol. The molecule has 0 aliphatic rings. The minimum absolute atomic E-state index is 0.0898. The molecular weight excluding hydrogens is 602 g/mol. The van der Waals surface area contributed by atoms with Crippen LogP contribution < -0.4 is 9.79 Å². The first-order valence-electron chi connectivity index (χ1n) is 14.3. The van der Waals surface area contributed by atoms with E-state index < -0.39 is 26.6 Å². The van der Waals surface area contributed by atoms with Gasteiger partial charge in [-0.2, -0.15) is 8.42 Å². The summed E-state index contributed by atoms with van der Waals surface area (Å²) in [5.74, 6) is -1.78. The minimum atomic E-state index is -4.70.